The Morgan fingerprint density at radius 1 is 1.14 bits per heavy atom. The first-order valence-corrected chi connectivity index (χ1v) is 7.71. The van der Waals surface area contributed by atoms with Crippen molar-refractivity contribution in [3.63, 3.8) is 0 Å². The number of hydroxylamine groups is 2. The van der Waals surface area contributed by atoms with Crippen molar-refractivity contribution in [2.75, 3.05) is 13.7 Å². The zero-order chi connectivity index (χ0) is 14.8. The van der Waals surface area contributed by atoms with Crippen molar-refractivity contribution in [1.82, 2.24) is 5.06 Å². The number of rotatable bonds is 3. The zero-order valence-electron chi connectivity index (χ0n) is 12.3. The van der Waals surface area contributed by atoms with Crippen molar-refractivity contribution in [3.8, 4) is 11.5 Å². The fraction of sp³-hybridized carbons (Fsp3) is 0.625. The summed E-state index contributed by atoms with van der Waals surface area (Å²) in [6.07, 6.45) is 7.14. The molecule has 3 nitrogen and oxygen atoms in total. The molecular weight excluding hydrogens is 276 g/mol. The minimum absolute atomic E-state index is 0.0372. The summed E-state index contributed by atoms with van der Waals surface area (Å²) in [5, 5.41) is 1.67. The highest BCUT2D eigenvalue weighted by atomic mass is 19.2. The molecule has 0 radical (unpaired) electrons. The van der Waals surface area contributed by atoms with Crippen LogP contribution < -0.4 is 9.57 Å². The summed E-state index contributed by atoms with van der Waals surface area (Å²) in [6.45, 7) is 0.436. The van der Waals surface area contributed by atoms with Gasteiger partial charge in [0.1, 0.15) is 0 Å². The predicted molar refractivity (Wildman–Crippen MR) is 75.4 cm³/mol. The van der Waals surface area contributed by atoms with E-state index in [4.69, 9.17) is 9.57 Å². The van der Waals surface area contributed by atoms with Gasteiger partial charge < -0.3 is 9.57 Å². The molecule has 2 aliphatic rings. The third-order valence-corrected chi connectivity index (χ3v) is 4.37. The lowest BCUT2D eigenvalue weighted by Crippen LogP contribution is -2.36. The predicted octanol–water partition coefficient (Wildman–Crippen LogP) is 3.85. The summed E-state index contributed by atoms with van der Waals surface area (Å²) in [6, 6.07) is 1.85. The van der Waals surface area contributed by atoms with Gasteiger partial charge in [0, 0.05) is 18.7 Å². The summed E-state index contributed by atoms with van der Waals surface area (Å²) >= 11 is 0. The Balaban J connectivity index is 1.80. The van der Waals surface area contributed by atoms with Crippen molar-refractivity contribution in [2.45, 2.75) is 51.0 Å². The lowest BCUT2D eigenvalue weighted by Gasteiger charge is -2.31. The molecule has 0 saturated heterocycles. The molecule has 1 aromatic carbocycles. The normalized spacial score (nSPS) is 19.2. The number of fused-ring (bicyclic) bond motifs is 1. The van der Waals surface area contributed by atoms with E-state index in [0.717, 1.165) is 32.1 Å². The highest BCUT2D eigenvalue weighted by molar-refractivity contribution is 5.43. The van der Waals surface area contributed by atoms with Crippen LogP contribution in [0.3, 0.4) is 0 Å². The largest absolute Gasteiger partial charge is 0.490 e. The van der Waals surface area contributed by atoms with Crippen LogP contribution in [0.25, 0.3) is 0 Å². The second-order valence-electron chi connectivity index (χ2n) is 5.87. The standard InChI is InChI=1S/C16H21F2NO2/c1-19(12-7-3-2-4-8-12)21-13-10-11-6-5-9-20-16(11)15(18)14(13)17/h10,12H,2-9H2,1H3. The fourth-order valence-electron chi connectivity index (χ4n) is 3.16. The van der Waals surface area contributed by atoms with Gasteiger partial charge in [0.05, 0.1) is 6.61 Å². The highest BCUT2D eigenvalue weighted by Gasteiger charge is 2.26. The number of benzene rings is 1. The van der Waals surface area contributed by atoms with Crippen LogP contribution in [0, 0.1) is 11.6 Å². The number of ether oxygens (including phenoxy) is 1. The third kappa shape index (κ3) is 2.98. The number of halogens is 2. The van der Waals surface area contributed by atoms with Gasteiger partial charge >= 0.3 is 0 Å². The smallest absolute Gasteiger partial charge is 0.207 e. The minimum atomic E-state index is -0.960. The molecule has 1 fully saturated rings. The average molecular weight is 297 g/mol. The second-order valence-corrected chi connectivity index (χ2v) is 5.87. The van der Waals surface area contributed by atoms with Crippen molar-refractivity contribution in [2.24, 2.45) is 0 Å². The molecule has 0 amide bonds. The lowest BCUT2D eigenvalue weighted by atomic mass is 9.95. The van der Waals surface area contributed by atoms with Crippen LogP contribution in [-0.2, 0) is 6.42 Å². The van der Waals surface area contributed by atoms with Gasteiger partial charge in [-0.25, -0.2) is 0 Å². The van der Waals surface area contributed by atoms with Crippen LogP contribution in [0.15, 0.2) is 6.07 Å². The van der Waals surface area contributed by atoms with Crippen molar-refractivity contribution < 1.29 is 18.4 Å². The summed E-state index contributed by atoms with van der Waals surface area (Å²) < 4.78 is 33.4. The number of aryl methyl sites for hydroxylation is 1. The molecule has 0 unspecified atom stereocenters. The molecule has 21 heavy (non-hydrogen) atoms. The van der Waals surface area contributed by atoms with E-state index >= 15 is 0 Å². The maximum atomic E-state index is 14.1. The zero-order valence-corrected chi connectivity index (χ0v) is 12.3. The first-order valence-electron chi connectivity index (χ1n) is 7.71. The molecule has 0 atom stereocenters. The maximum absolute atomic E-state index is 14.1. The highest BCUT2D eigenvalue weighted by Crippen LogP contribution is 2.35. The molecule has 1 aliphatic heterocycles. The topological polar surface area (TPSA) is 21.7 Å². The van der Waals surface area contributed by atoms with Gasteiger partial charge in [-0.05, 0) is 31.7 Å². The lowest BCUT2D eigenvalue weighted by molar-refractivity contribution is -0.0838. The Bertz CT molecular complexity index is 515. The number of nitrogens with zero attached hydrogens (tertiary/aromatic N) is 1. The monoisotopic (exact) mass is 297 g/mol. The van der Waals surface area contributed by atoms with Crippen molar-refractivity contribution in [3.05, 3.63) is 23.3 Å². The molecule has 1 saturated carbocycles. The Labute approximate surface area is 123 Å². The van der Waals surface area contributed by atoms with Crippen molar-refractivity contribution >= 4 is 0 Å². The van der Waals surface area contributed by atoms with E-state index in [1.54, 1.807) is 18.2 Å². The first-order chi connectivity index (χ1) is 10.2. The SMILES string of the molecule is CN(Oc1cc2c(c(F)c1F)OCCC2)C1CCCCC1. The number of hydrogen-bond acceptors (Lipinski definition) is 3. The molecule has 1 aliphatic carbocycles. The van der Waals surface area contributed by atoms with Gasteiger partial charge in [-0.1, -0.05) is 19.3 Å². The van der Waals surface area contributed by atoms with E-state index in [2.05, 4.69) is 0 Å². The van der Waals surface area contributed by atoms with Crippen LogP contribution in [0.2, 0.25) is 0 Å². The van der Waals surface area contributed by atoms with E-state index in [9.17, 15) is 8.78 Å². The van der Waals surface area contributed by atoms with E-state index in [-0.39, 0.29) is 17.5 Å². The van der Waals surface area contributed by atoms with Gasteiger partial charge in [-0.15, -0.1) is 5.06 Å². The van der Waals surface area contributed by atoms with Gasteiger partial charge in [-0.2, -0.15) is 8.78 Å². The summed E-state index contributed by atoms with van der Waals surface area (Å²) in [5.41, 5.74) is 0.687. The van der Waals surface area contributed by atoms with Crippen LogP contribution in [0.1, 0.15) is 44.1 Å². The van der Waals surface area contributed by atoms with Gasteiger partial charge in [0.25, 0.3) is 0 Å². The van der Waals surface area contributed by atoms with E-state index in [1.165, 1.54) is 6.42 Å². The van der Waals surface area contributed by atoms with E-state index in [1.807, 2.05) is 0 Å². The Morgan fingerprint density at radius 3 is 2.67 bits per heavy atom. The fourth-order valence-corrected chi connectivity index (χ4v) is 3.16. The second kappa shape index (κ2) is 6.18. The van der Waals surface area contributed by atoms with Crippen LogP contribution in [0.5, 0.6) is 11.5 Å². The number of hydrogen-bond donors (Lipinski definition) is 0. The Hall–Kier alpha value is -1.36. The van der Waals surface area contributed by atoms with Gasteiger partial charge in [-0.3, -0.25) is 0 Å². The van der Waals surface area contributed by atoms with Crippen LogP contribution in [-0.4, -0.2) is 24.8 Å². The average Bonchev–Trinajstić information content (AvgIpc) is 2.53. The summed E-state index contributed by atoms with van der Waals surface area (Å²) in [5.74, 6) is -1.88. The molecule has 0 aromatic heterocycles. The molecule has 0 N–H and O–H groups in total. The molecule has 5 heteroatoms. The van der Waals surface area contributed by atoms with Crippen molar-refractivity contribution in [1.29, 1.82) is 0 Å². The van der Waals surface area contributed by atoms with Crippen LogP contribution in [0.4, 0.5) is 8.78 Å². The quantitative estimate of drug-likeness (QED) is 0.791. The van der Waals surface area contributed by atoms with Crippen LogP contribution >= 0.6 is 0 Å². The minimum Gasteiger partial charge on any atom is -0.490 e. The Kier molecular flexibility index (Phi) is 4.29. The third-order valence-electron chi connectivity index (χ3n) is 4.37. The maximum Gasteiger partial charge on any atom is 0.207 e. The van der Waals surface area contributed by atoms with Gasteiger partial charge in [0.2, 0.25) is 11.6 Å². The molecule has 0 spiro atoms. The van der Waals surface area contributed by atoms with Gasteiger partial charge in [0.15, 0.2) is 11.5 Å². The van der Waals surface area contributed by atoms with E-state index in [0.29, 0.717) is 18.6 Å². The molecule has 116 valence electrons. The molecule has 0 bridgehead atoms. The molecule has 3 rings (SSSR count). The Morgan fingerprint density at radius 2 is 1.90 bits per heavy atom. The molecule has 1 aromatic rings. The molecule has 1 heterocycles. The van der Waals surface area contributed by atoms with E-state index < -0.39 is 11.6 Å². The summed E-state index contributed by atoms with van der Waals surface area (Å²) in [4.78, 5) is 5.59. The summed E-state index contributed by atoms with van der Waals surface area (Å²) in [7, 11) is 1.79. The molecular formula is C16H21F2NO2. The first kappa shape index (κ1) is 14.6.